The molecule has 0 unspecified atom stereocenters. The molecule has 0 spiro atoms. The molecule has 3 nitrogen and oxygen atoms in total. The molecule has 1 aliphatic heterocycles. The number of carbonyl (C=O) groups is 1. The van der Waals surface area contributed by atoms with Crippen LogP contribution in [0.3, 0.4) is 0 Å². The molecule has 1 saturated heterocycles. The molecule has 1 aliphatic carbocycles. The van der Waals surface area contributed by atoms with Gasteiger partial charge in [0.15, 0.2) is 0 Å². The molecule has 1 aromatic carbocycles. The predicted molar refractivity (Wildman–Crippen MR) is 121 cm³/mol. The summed E-state index contributed by atoms with van der Waals surface area (Å²) in [5.41, 5.74) is -0.181. The van der Waals surface area contributed by atoms with Crippen molar-refractivity contribution in [2.24, 2.45) is 11.8 Å². The van der Waals surface area contributed by atoms with Crippen LogP contribution < -0.4 is 0 Å². The molecular formula is C26H35F6NO2. The van der Waals surface area contributed by atoms with Crippen molar-refractivity contribution in [1.29, 1.82) is 0 Å². The first-order valence-electron chi connectivity index (χ1n) is 12.6. The minimum atomic E-state index is -4.48. The summed E-state index contributed by atoms with van der Waals surface area (Å²) in [7, 11) is 0. The van der Waals surface area contributed by atoms with Crippen LogP contribution in [-0.2, 0) is 11.0 Å². The van der Waals surface area contributed by atoms with Gasteiger partial charge in [-0.2, -0.15) is 26.3 Å². The van der Waals surface area contributed by atoms with Crippen molar-refractivity contribution >= 4 is 5.97 Å². The van der Waals surface area contributed by atoms with E-state index in [0.29, 0.717) is 37.3 Å². The second-order valence-corrected chi connectivity index (χ2v) is 10.3. The van der Waals surface area contributed by atoms with E-state index in [9.17, 15) is 36.2 Å². The van der Waals surface area contributed by atoms with Gasteiger partial charge < -0.3 is 5.11 Å². The van der Waals surface area contributed by atoms with Gasteiger partial charge in [0.1, 0.15) is 0 Å². The third-order valence-electron chi connectivity index (χ3n) is 7.70. The molecule has 0 radical (unpaired) electrons. The molecule has 9 heteroatoms. The van der Waals surface area contributed by atoms with Crippen LogP contribution in [0.1, 0.15) is 94.2 Å². The molecule has 0 bridgehead atoms. The van der Waals surface area contributed by atoms with Crippen LogP contribution in [0.5, 0.6) is 0 Å². The number of benzene rings is 1. The molecule has 2 fully saturated rings. The van der Waals surface area contributed by atoms with Gasteiger partial charge in [0.2, 0.25) is 0 Å². The van der Waals surface area contributed by atoms with Crippen molar-refractivity contribution in [3.05, 3.63) is 35.4 Å². The number of aliphatic carboxylic acids is 1. The molecule has 3 atom stereocenters. The van der Waals surface area contributed by atoms with Crippen molar-refractivity contribution in [2.45, 2.75) is 101 Å². The quantitative estimate of drug-likeness (QED) is 0.344. The number of alkyl halides is 6. The molecule has 1 aromatic rings. The summed E-state index contributed by atoms with van der Waals surface area (Å²) in [6.07, 6.45) is -1.70. The third-order valence-corrected chi connectivity index (χ3v) is 7.70. The Hall–Kier alpha value is -1.77. The van der Waals surface area contributed by atoms with Gasteiger partial charge in [-0.05, 0) is 68.2 Å². The standard InChI is InChI=1S/C26H35F6NO2/c27-25(28,29)14-12-22(11-6-18-4-2-1-3-5-18)33-15-13-19(17-24(34)35)16-23(33)20-7-9-21(10-8-20)26(30,31)32/h7-10,18-19,22-23H,1-6,11-17H2,(H,34,35)/t19-,22-,23+/m1/s1. The topological polar surface area (TPSA) is 40.5 Å². The number of halogens is 6. The van der Waals surface area contributed by atoms with Gasteiger partial charge >= 0.3 is 18.3 Å². The van der Waals surface area contributed by atoms with E-state index in [-0.39, 0.29) is 24.8 Å². The van der Waals surface area contributed by atoms with Gasteiger partial charge in [-0.15, -0.1) is 0 Å². The summed E-state index contributed by atoms with van der Waals surface area (Å²) in [4.78, 5) is 13.3. The molecule has 1 saturated carbocycles. The van der Waals surface area contributed by atoms with Gasteiger partial charge in [-0.25, -0.2) is 0 Å². The Morgan fingerprint density at radius 3 is 2.17 bits per heavy atom. The monoisotopic (exact) mass is 507 g/mol. The lowest BCUT2D eigenvalue weighted by molar-refractivity contribution is -0.141. The fourth-order valence-corrected chi connectivity index (χ4v) is 5.86. The van der Waals surface area contributed by atoms with Gasteiger partial charge in [0, 0.05) is 24.9 Å². The fraction of sp³-hybridized carbons (Fsp3) is 0.731. The van der Waals surface area contributed by atoms with Gasteiger partial charge in [0.05, 0.1) is 5.56 Å². The zero-order valence-corrected chi connectivity index (χ0v) is 19.9. The summed E-state index contributed by atoms with van der Waals surface area (Å²) in [6, 6.07) is 4.04. The Kier molecular flexibility index (Phi) is 9.52. The van der Waals surface area contributed by atoms with Crippen LogP contribution in [0.25, 0.3) is 0 Å². The minimum absolute atomic E-state index is 0.0553. The molecule has 1 N–H and O–H groups in total. The van der Waals surface area contributed by atoms with Crippen LogP contribution in [-0.4, -0.2) is 34.7 Å². The predicted octanol–water partition coefficient (Wildman–Crippen LogP) is 8.00. The Labute approximate surface area is 202 Å². The van der Waals surface area contributed by atoms with E-state index in [2.05, 4.69) is 0 Å². The number of piperidine rings is 1. The highest BCUT2D eigenvalue weighted by Gasteiger charge is 2.38. The van der Waals surface area contributed by atoms with Crippen LogP contribution in [0.4, 0.5) is 26.3 Å². The van der Waals surface area contributed by atoms with Crippen LogP contribution >= 0.6 is 0 Å². The average Bonchev–Trinajstić information content (AvgIpc) is 2.78. The summed E-state index contributed by atoms with van der Waals surface area (Å²) in [6.45, 7) is 0.441. The van der Waals surface area contributed by atoms with Gasteiger partial charge in [-0.3, -0.25) is 9.69 Å². The second-order valence-electron chi connectivity index (χ2n) is 10.3. The number of carboxylic acids is 1. The van der Waals surface area contributed by atoms with E-state index in [1.807, 2.05) is 4.90 Å². The Bertz CT molecular complexity index is 802. The van der Waals surface area contributed by atoms with Crippen LogP contribution in [0.15, 0.2) is 24.3 Å². The number of hydrogen-bond donors (Lipinski definition) is 1. The number of rotatable bonds is 9. The first kappa shape index (κ1) is 27.8. The highest BCUT2D eigenvalue weighted by Crippen LogP contribution is 2.41. The number of likely N-dealkylation sites (tertiary alicyclic amines) is 1. The van der Waals surface area contributed by atoms with Crippen molar-refractivity contribution in [2.75, 3.05) is 6.54 Å². The maximum Gasteiger partial charge on any atom is 0.416 e. The maximum absolute atomic E-state index is 13.2. The first-order chi connectivity index (χ1) is 16.4. The molecule has 1 heterocycles. The van der Waals surface area contributed by atoms with E-state index >= 15 is 0 Å². The number of carboxylic acid groups (broad SMARTS) is 1. The molecule has 3 rings (SSSR count). The normalized spacial score (nSPS) is 23.8. The van der Waals surface area contributed by atoms with E-state index in [0.717, 1.165) is 44.2 Å². The van der Waals surface area contributed by atoms with Crippen molar-refractivity contribution < 1.29 is 36.2 Å². The lowest BCUT2D eigenvalue weighted by Gasteiger charge is -2.45. The molecule has 0 amide bonds. The highest BCUT2D eigenvalue weighted by molar-refractivity contribution is 5.67. The lowest BCUT2D eigenvalue weighted by atomic mass is 9.81. The molecule has 0 aromatic heterocycles. The number of hydrogen-bond acceptors (Lipinski definition) is 2. The summed E-state index contributed by atoms with van der Waals surface area (Å²) in [5.74, 6) is -0.607. The van der Waals surface area contributed by atoms with Crippen LogP contribution in [0, 0.1) is 11.8 Å². The number of nitrogens with zero attached hydrogens (tertiary/aromatic N) is 1. The molecular weight excluding hydrogens is 472 g/mol. The van der Waals surface area contributed by atoms with Crippen molar-refractivity contribution in [1.82, 2.24) is 4.90 Å². The summed E-state index contributed by atoms with van der Waals surface area (Å²) < 4.78 is 78.7. The van der Waals surface area contributed by atoms with Gasteiger partial charge in [-0.1, -0.05) is 44.2 Å². The largest absolute Gasteiger partial charge is 0.481 e. The summed E-state index contributed by atoms with van der Waals surface area (Å²) >= 11 is 0. The maximum atomic E-state index is 13.2. The first-order valence-corrected chi connectivity index (χ1v) is 12.6. The van der Waals surface area contributed by atoms with E-state index in [1.54, 1.807) is 0 Å². The second kappa shape index (κ2) is 12.0. The summed E-state index contributed by atoms with van der Waals surface area (Å²) in [5, 5.41) is 9.26. The SMILES string of the molecule is O=C(O)C[C@@H]1CCN([C@H](CCC2CCCCC2)CCC(F)(F)F)[C@H](c2ccc(C(F)(F)F)cc2)C1. The third kappa shape index (κ3) is 8.69. The molecule has 2 aliphatic rings. The highest BCUT2D eigenvalue weighted by atomic mass is 19.4. The van der Waals surface area contributed by atoms with Crippen molar-refractivity contribution in [3.63, 3.8) is 0 Å². The van der Waals surface area contributed by atoms with Gasteiger partial charge in [0.25, 0.3) is 0 Å². The smallest absolute Gasteiger partial charge is 0.416 e. The Morgan fingerprint density at radius 1 is 0.943 bits per heavy atom. The Morgan fingerprint density at radius 2 is 1.60 bits per heavy atom. The average molecular weight is 508 g/mol. The van der Waals surface area contributed by atoms with E-state index in [1.165, 1.54) is 18.6 Å². The van der Waals surface area contributed by atoms with Crippen LogP contribution in [0.2, 0.25) is 0 Å². The van der Waals surface area contributed by atoms with E-state index < -0.39 is 36.3 Å². The lowest BCUT2D eigenvalue weighted by Crippen LogP contribution is -2.44. The minimum Gasteiger partial charge on any atom is -0.481 e. The van der Waals surface area contributed by atoms with Crippen molar-refractivity contribution in [3.8, 4) is 0 Å². The zero-order valence-electron chi connectivity index (χ0n) is 19.9. The fourth-order valence-electron chi connectivity index (χ4n) is 5.86. The molecule has 198 valence electrons. The molecule has 35 heavy (non-hydrogen) atoms. The van der Waals surface area contributed by atoms with E-state index in [4.69, 9.17) is 0 Å². The zero-order chi connectivity index (χ0) is 25.6. The Balaban J connectivity index is 1.83.